The normalized spacial score (nSPS) is 17.6. The smallest absolute Gasteiger partial charge is 0.192 e. The minimum atomic E-state index is -0.152. The summed E-state index contributed by atoms with van der Waals surface area (Å²) in [7, 11) is 9.90. The van der Waals surface area contributed by atoms with Crippen molar-refractivity contribution in [1.82, 2.24) is 9.80 Å². The Balaban J connectivity index is 0.000000212. The molecule has 200 valence electrons. The van der Waals surface area contributed by atoms with Crippen LogP contribution < -0.4 is 0 Å². The lowest BCUT2D eigenvalue weighted by molar-refractivity contribution is 0.0516. The molecule has 0 spiro atoms. The van der Waals surface area contributed by atoms with Crippen molar-refractivity contribution in [2.24, 2.45) is 5.41 Å². The number of carbonyl (C=O) groups excluding carboxylic acids is 2. The molecule has 2 aliphatic rings. The number of likely N-dealkylation sites (N-methyl/N-ethyl adjacent to an activating group) is 2. The second-order valence-corrected chi connectivity index (χ2v) is 10.7. The summed E-state index contributed by atoms with van der Waals surface area (Å²) in [5.74, 6) is 1.12. The van der Waals surface area contributed by atoms with E-state index in [1.54, 1.807) is 7.11 Å². The predicted molar refractivity (Wildman–Crippen MR) is 155 cm³/mol. The lowest BCUT2D eigenvalue weighted by atomic mass is 9.78. The third-order valence-corrected chi connectivity index (χ3v) is 7.28. The molecule has 0 amide bonds. The number of Topliss-reactive ketones (excluding diaryl/α,β-unsaturated/α-hetero) is 2. The zero-order chi connectivity index (χ0) is 27.9. The number of ketones is 2. The number of carbonyl (C=O) groups is 2. The van der Waals surface area contributed by atoms with Crippen LogP contribution in [0, 0.1) is 5.41 Å². The Morgan fingerprint density at radius 3 is 1.74 bits per heavy atom. The van der Waals surface area contributed by atoms with Gasteiger partial charge in [-0.1, -0.05) is 92.7 Å². The molecule has 2 aromatic carbocycles. The van der Waals surface area contributed by atoms with Gasteiger partial charge in [0.1, 0.15) is 5.76 Å². The molecule has 0 unspecified atom stereocenters. The predicted octanol–water partition coefficient (Wildman–Crippen LogP) is 6.33. The maximum Gasteiger partial charge on any atom is 0.192 e. The number of ether oxygens (including phenoxy) is 1. The van der Waals surface area contributed by atoms with E-state index in [2.05, 4.69) is 57.9 Å². The number of rotatable bonds is 7. The lowest BCUT2D eigenvalue weighted by Gasteiger charge is -2.44. The molecule has 0 fully saturated rings. The van der Waals surface area contributed by atoms with E-state index in [4.69, 9.17) is 4.74 Å². The standard InChI is InChI=1S/C17H22N2O.C16H18O2/c1-18(2)17(19(3)4)12-10-15(11-13-17)16(20)14-8-6-5-7-9-14;1-16(2)11-13(9-10-14(16)18-3)15(17)12-7-5-4-6-8-12/h5-12H,13H2,1-4H3;4-10H,11H2,1-3H3. The highest BCUT2D eigenvalue weighted by Gasteiger charge is 2.34. The number of benzene rings is 2. The van der Waals surface area contributed by atoms with Crippen LogP contribution in [0.2, 0.25) is 0 Å². The summed E-state index contributed by atoms with van der Waals surface area (Å²) < 4.78 is 5.35. The van der Waals surface area contributed by atoms with Gasteiger partial charge < -0.3 is 4.74 Å². The Bertz CT molecular complexity index is 1240. The molecule has 0 bridgehead atoms. The average molecular weight is 513 g/mol. The topological polar surface area (TPSA) is 49.9 Å². The van der Waals surface area contributed by atoms with Gasteiger partial charge in [0.05, 0.1) is 12.8 Å². The first kappa shape index (κ1) is 29.0. The molecule has 2 aromatic rings. The van der Waals surface area contributed by atoms with Gasteiger partial charge in [-0.3, -0.25) is 19.4 Å². The minimum absolute atomic E-state index is 0.0907. The van der Waals surface area contributed by atoms with Crippen LogP contribution in [0.1, 0.15) is 47.4 Å². The second-order valence-electron chi connectivity index (χ2n) is 10.7. The van der Waals surface area contributed by atoms with Crippen molar-refractivity contribution in [3.8, 4) is 0 Å². The third kappa shape index (κ3) is 6.47. The molecule has 0 saturated heterocycles. The van der Waals surface area contributed by atoms with Crippen LogP contribution in [0.4, 0.5) is 0 Å². The summed E-state index contributed by atoms with van der Waals surface area (Å²) >= 11 is 0. The Kier molecular flexibility index (Phi) is 9.42. The summed E-state index contributed by atoms with van der Waals surface area (Å²) in [6, 6.07) is 18.8. The quantitative estimate of drug-likeness (QED) is 0.320. The molecule has 4 rings (SSSR count). The van der Waals surface area contributed by atoms with Gasteiger partial charge in [-0.25, -0.2) is 0 Å². The minimum Gasteiger partial charge on any atom is -0.501 e. The van der Waals surface area contributed by atoms with E-state index in [0.29, 0.717) is 6.42 Å². The Morgan fingerprint density at radius 1 is 0.789 bits per heavy atom. The van der Waals surface area contributed by atoms with Crippen LogP contribution >= 0.6 is 0 Å². The summed E-state index contributed by atoms with van der Waals surface area (Å²) in [6.07, 6.45) is 11.4. The highest BCUT2D eigenvalue weighted by atomic mass is 16.5. The van der Waals surface area contributed by atoms with E-state index < -0.39 is 0 Å². The fourth-order valence-corrected chi connectivity index (χ4v) is 4.91. The molecule has 0 saturated carbocycles. The van der Waals surface area contributed by atoms with E-state index in [0.717, 1.165) is 34.5 Å². The number of methoxy groups -OCH3 is 1. The van der Waals surface area contributed by atoms with Crippen LogP contribution in [-0.4, -0.2) is 62.3 Å². The molecule has 0 heterocycles. The largest absolute Gasteiger partial charge is 0.501 e. The van der Waals surface area contributed by atoms with E-state index in [1.807, 2.05) is 85.0 Å². The van der Waals surface area contributed by atoms with Gasteiger partial charge in [-0.2, -0.15) is 0 Å². The first-order valence-electron chi connectivity index (χ1n) is 12.9. The monoisotopic (exact) mass is 512 g/mol. The van der Waals surface area contributed by atoms with Crippen molar-refractivity contribution in [3.05, 3.63) is 119 Å². The molecule has 0 atom stereocenters. The van der Waals surface area contributed by atoms with Crippen LogP contribution in [0.5, 0.6) is 0 Å². The van der Waals surface area contributed by atoms with Crippen molar-refractivity contribution >= 4 is 11.6 Å². The molecule has 0 radical (unpaired) electrons. The molecule has 0 aromatic heterocycles. The molecule has 5 nitrogen and oxygen atoms in total. The molecule has 0 aliphatic heterocycles. The maximum atomic E-state index is 12.4. The van der Waals surface area contributed by atoms with E-state index in [-0.39, 0.29) is 22.6 Å². The number of hydrogen-bond donors (Lipinski definition) is 0. The van der Waals surface area contributed by atoms with Crippen molar-refractivity contribution in [3.63, 3.8) is 0 Å². The van der Waals surface area contributed by atoms with Gasteiger partial charge in [-0.15, -0.1) is 0 Å². The first-order chi connectivity index (χ1) is 18.0. The fraction of sp³-hybridized carbons (Fsp3) is 0.333. The van der Waals surface area contributed by atoms with Gasteiger partial charge in [0, 0.05) is 34.1 Å². The van der Waals surface area contributed by atoms with Gasteiger partial charge in [0.15, 0.2) is 11.6 Å². The summed E-state index contributed by atoms with van der Waals surface area (Å²) in [6.45, 7) is 4.18. The summed E-state index contributed by atoms with van der Waals surface area (Å²) in [5, 5.41) is 0. The van der Waals surface area contributed by atoms with Gasteiger partial charge in [-0.05, 0) is 46.8 Å². The van der Waals surface area contributed by atoms with Crippen LogP contribution in [0.3, 0.4) is 0 Å². The molecular weight excluding hydrogens is 472 g/mol. The van der Waals surface area contributed by atoms with Gasteiger partial charge >= 0.3 is 0 Å². The molecule has 38 heavy (non-hydrogen) atoms. The van der Waals surface area contributed by atoms with Crippen LogP contribution in [0.15, 0.2) is 108 Å². The van der Waals surface area contributed by atoms with E-state index >= 15 is 0 Å². The Labute approximate surface area is 227 Å². The SMILES string of the molecule is CN(C)C1(N(C)C)C=CC(C(=O)c2ccccc2)=CC1.COC1=CC=C(C(=O)c2ccccc2)CC1(C)C. The number of allylic oxidation sites excluding steroid dienone is 6. The van der Waals surface area contributed by atoms with Gasteiger partial charge in [0.2, 0.25) is 0 Å². The highest BCUT2D eigenvalue weighted by molar-refractivity contribution is 6.10. The fourth-order valence-electron chi connectivity index (χ4n) is 4.91. The maximum absolute atomic E-state index is 12.4. The third-order valence-electron chi connectivity index (χ3n) is 7.28. The summed E-state index contributed by atoms with van der Waals surface area (Å²) in [5.41, 5.74) is 2.82. The van der Waals surface area contributed by atoms with Crippen molar-refractivity contribution in [1.29, 1.82) is 0 Å². The van der Waals surface area contributed by atoms with Crippen LogP contribution in [0.25, 0.3) is 0 Å². The van der Waals surface area contributed by atoms with E-state index in [9.17, 15) is 9.59 Å². The first-order valence-corrected chi connectivity index (χ1v) is 12.9. The zero-order valence-electron chi connectivity index (χ0n) is 23.7. The van der Waals surface area contributed by atoms with Gasteiger partial charge in [0.25, 0.3) is 0 Å². The molecule has 5 heteroatoms. The Morgan fingerprint density at radius 2 is 1.32 bits per heavy atom. The Hall–Kier alpha value is -3.54. The number of hydrogen-bond acceptors (Lipinski definition) is 5. The van der Waals surface area contributed by atoms with Crippen molar-refractivity contribution in [2.75, 3.05) is 35.3 Å². The van der Waals surface area contributed by atoms with Crippen molar-refractivity contribution < 1.29 is 14.3 Å². The second kappa shape index (κ2) is 12.3. The highest BCUT2D eigenvalue weighted by Crippen LogP contribution is 2.38. The summed E-state index contributed by atoms with van der Waals surface area (Å²) in [4.78, 5) is 29.1. The van der Waals surface area contributed by atoms with Crippen LogP contribution in [-0.2, 0) is 4.74 Å². The molecule has 2 aliphatic carbocycles. The zero-order valence-corrected chi connectivity index (χ0v) is 23.7. The van der Waals surface area contributed by atoms with Crippen molar-refractivity contribution in [2.45, 2.75) is 32.4 Å². The molecule has 0 N–H and O–H groups in total. The number of nitrogens with zero attached hydrogens (tertiary/aromatic N) is 2. The lowest BCUT2D eigenvalue weighted by Crippen LogP contribution is -2.54. The molecular formula is C33H40N2O3. The van der Waals surface area contributed by atoms with E-state index in [1.165, 1.54) is 0 Å². The average Bonchev–Trinajstić information content (AvgIpc) is 2.92.